The molecule has 1 fully saturated rings. The first-order valence-corrected chi connectivity index (χ1v) is 5.41. The normalized spacial score (nSPS) is 17.8. The maximum absolute atomic E-state index is 13.3. The van der Waals surface area contributed by atoms with E-state index in [1.165, 1.54) is 0 Å². The highest BCUT2D eigenvalue weighted by Crippen LogP contribution is 2.53. The van der Waals surface area contributed by atoms with Crippen molar-refractivity contribution in [2.75, 3.05) is 6.54 Å². The third-order valence-corrected chi connectivity index (χ3v) is 3.73. The SMILES string of the molecule is NCC1(c2cc(F)c(O)c(Br)c2O)CC1. The first-order valence-electron chi connectivity index (χ1n) is 4.62. The number of aromatic hydroxyl groups is 2. The van der Waals surface area contributed by atoms with Gasteiger partial charge >= 0.3 is 0 Å². The first kappa shape index (κ1) is 10.7. The Morgan fingerprint density at radius 1 is 1.40 bits per heavy atom. The molecule has 1 aliphatic rings. The van der Waals surface area contributed by atoms with Crippen molar-refractivity contribution in [1.82, 2.24) is 0 Å². The highest BCUT2D eigenvalue weighted by Gasteiger charge is 2.45. The van der Waals surface area contributed by atoms with Crippen molar-refractivity contribution in [2.24, 2.45) is 5.73 Å². The van der Waals surface area contributed by atoms with Crippen LogP contribution in [0.1, 0.15) is 18.4 Å². The van der Waals surface area contributed by atoms with Gasteiger partial charge in [-0.2, -0.15) is 0 Å². The summed E-state index contributed by atoms with van der Waals surface area (Å²) < 4.78 is 13.3. The molecule has 0 bridgehead atoms. The molecule has 0 radical (unpaired) electrons. The van der Waals surface area contributed by atoms with Crippen molar-refractivity contribution < 1.29 is 14.6 Å². The molecule has 0 saturated heterocycles. The smallest absolute Gasteiger partial charge is 0.169 e. The van der Waals surface area contributed by atoms with Gasteiger partial charge in [0.15, 0.2) is 11.6 Å². The number of phenols is 2. The highest BCUT2D eigenvalue weighted by atomic mass is 79.9. The van der Waals surface area contributed by atoms with E-state index in [9.17, 15) is 14.6 Å². The highest BCUT2D eigenvalue weighted by molar-refractivity contribution is 9.10. The van der Waals surface area contributed by atoms with Gasteiger partial charge in [-0.3, -0.25) is 0 Å². The largest absolute Gasteiger partial charge is 0.506 e. The van der Waals surface area contributed by atoms with E-state index in [2.05, 4.69) is 15.9 Å². The van der Waals surface area contributed by atoms with Crippen LogP contribution in [-0.2, 0) is 5.41 Å². The zero-order valence-corrected chi connectivity index (χ0v) is 9.51. The zero-order valence-electron chi connectivity index (χ0n) is 7.93. The molecule has 0 aromatic heterocycles. The van der Waals surface area contributed by atoms with Crippen LogP contribution in [0.4, 0.5) is 4.39 Å². The third kappa shape index (κ3) is 1.50. The van der Waals surface area contributed by atoms with Gasteiger partial charge in [0.2, 0.25) is 0 Å². The second-order valence-corrected chi connectivity index (χ2v) is 4.69. The minimum absolute atomic E-state index is 0.00257. The number of rotatable bonds is 2. The van der Waals surface area contributed by atoms with Crippen LogP contribution in [0.5, 0.6) is 11.5 Å². The second kappa shape index (κ2) is 3.35. The van der Waals surface area contributed by atoms with Crippen LogP contribution in [0, 0.1) is 5.82 Å². The van der Waals surface area contributed by atoms with Gasteiger partial charge in [0, 0.05) is 17.5 Å². The van der Waals surface area contributed by atoms with Gasteiger partial charge in [-0.05, 0) is 34.8 Å². The predicted molar refractivity (Wildman–Crippen MR) is 57.4 cm³/mol. The summed E-state index contributed by atoms with van der Waals surface area (Å²) in [6, 6.07) is 1.16. The molecule has 0 atom stereocenters. The Hall–Kier alpha value is -0.810. The average molecular weight is 276 g/mol. The fraction of sp³-hybridized carbons (Fsp3) is 0.400. The van der Waals surface area contributed by atoms with Crippen molar-refractivity contribution in [3.63, 3.8) is 0 Å². The molecule has 1 aromatic rings. The Labute approximate surface area is 94.8 Å². The lowest BCUT2D eigenvalue weighted by molar-refractivity contribution is 0.406. The Bertz CT molecular complexity index is 418. The molecule has 0 heterocycles. The maximum Gasteiger partial charge on any atom is 0.169 e. The first-order chi connectivity index (χ1) is 7.02. The van der Waals surface area contributed by atoms with Crippen LogP contribution in [0.2, 0.25) is 0 Å². The van der Waals surface area contributed by atoms with Crippen molar-refractivity contribution in [3.05, 3.63) is 21.9 Å². The molecule has 1 aliphatic carbocycles. The summed E-state index contributed by atoms with van der Waals surface area (Å²) in [5, 5.41) is 19.0. The lowest BCUT2D eigenvalue weighted by Crippen LogP contribution is -2.20. The minimum atomic E-state index is -0.741. The third-order valence-electron chi connectivity index (χ3n) is 2.98. The van der Waals surface area contributed by atoms with Crippen LogP contribution in [0.25, 0.3) is 0 Å². The van der Waals surface area contributed by atoms with E-state index >= 15 is 0 Å². The summed E-state index contributed by atoms with van der Waals surface area (Å²) in [6.07, 6.45) is 1.68. The number of hydrogen-bond acceptors (Lipinski definition) is 3. The van der Waals surface area contributed by atoms with Crippen molar-refractivity contribution in [3.8, 4) is 11.5 Å². The molecule has 82 valence electrons. The Morgan fingerprint density at radius 3 is 2.47 bits per heavy atom. The summed E-state index contributed by atoms with van der Waals surface area (Å²) >= 11 is 2.95. The Morgan fingerprint density at radius 2 is 2.00 bits per heavy atom. The van der Waals surface area contributed by atoms with E-state index < -0.39 is 11.6 Å². The zero-order chi connectivity index (χ0) is 11.2. The van der Waals surface area contributed by atoms with Crippen LogP contribution < -0.4 is 5.73 Å². The topological polar surface area (TPSA) is 66.5 Å². The lowest BCUT2D eigenvalue weighted by atomic mass is 9.95. The van der Waals surface area contributed by atoms with Gasteiger partial charge in [-0.15, -0.1) is 0 Å². The fourth-order valence-electron chi connectivity index (χ4n) is 1.74. The van der Waals surface area contributed by atoms with Gasteiger partial charge in [0.05, 0.1) is 0 Å². The quantitative estimate of drug-likeness (QED) is 0.773. The summed E-state index contributed by atoms with van der Waals surface area (Å²) in [7, 11) is 0. The molecule has 0 aliphatic heterocycles. The summed E-state index contributed by atoms with van der Waals surface area (Å²) in [5.74, 6) is -1.42. The molecule has 1 saturated carbocycles. The van der Waals surface area contributed by atoms with Crippen molar-refractivity contribution in [1.29, 1.82) is 0 Å². The van der Waals surface area contributed by atoms with Gasteiger partial charge < -0.3 is 15.9 Å². The molecule has 0 unspecified atom stereocenters. The van der Waals surface area contributed by atoms with E-state index in [1.54, 1.807) is 0 Å². The summed E-state index contributed by atoms with van der Waals surface area (Å²) in [6.45, 7) is 0.372. The maximum atomic E-state index is 13.3. The number of halogens is 2. The number of phenolic OH excluding ortho intramolecular Hbond substituents is 2. The molecular weight excluding hydrogens is 265 g/mol. The molecule has 2 rings (SSSR count). The van der Waals surface area contributed by atoms with E-state index in [0.717, 1.165) is 18.9 Å². The van der Waals surface area contributed by atoms with Crippen molar-refractivity contribution >= 4 is 15.9 Å². The van der Waals surface area contributed by atoms with Crippen LogP contribution in [0.3, 0.4) is 0 Å². The van der Waals surface area contributed by atoms with E-state index in [4.69, 9.17) is 5.73 Å². The number of hydrogen-bond donors (Lipinski definition) is 3. The molecule has 4 N–H and O–H groups in total. The van der Waals surface area contributed by atoms with Gasteiger partial charge in [-0.1, -0.05) is 0 Å². The number of benzene rings is 1. The van der Waals surface area contributed by atoms with Crippen LogP contribution in [-0.4, -0.2) is 16.8 Å². The second-order valence-electron chi connectivity index (χ2n) is 3.90. The standard InChI is InChI=1S/C10H11BrFNO2/c11-7-8(14)5(3-6(12)9(7)15)10(4-13)1-2-10/h3,14-15H,1-2,4,13H2. The Kier molecular flexibility index (Phi) is 2.39. The molecule has 0 amide bonds. The molecular formula is C10H11BrFNO2. The van der Waals surface area contributed by atoms with Crippen molar-refractivity contribution in [2.45, 2.75) is 18.3 Å². The summed E-state index contributed by atoms with van der Waals surface area (Å²) in [5.41, 5.74) is 5.77. The lowest BCUT2D eigenvalue weighted by Gasteiger charge is -2.16. The predicted octanol–water partition coefficient (Wildman–Crippen LogP) is 1.99. The van der Waals surface area contributed by atoms with Gasteiger partial charge in [-0.25, -0.2) is 4.39 Å². The monoisotopic (exact) mass is 275 g/mol. The van der Waals surface area contributed by atoms with E-state index in [1.807, 2.05) is 0 Å². The molecule has 1 aromatic carbocycles. The minimum Gasteiger partial charge on any atom is -0.506 e. The van der Waals surface area contributed by atoms with E-state index in [0.29, 0.717) is 12.1 Å². The van der Waals surface area contributed by atoms with Crippen LogP contribution >= 0.6 is 15.9 Å². The molecule has 0 spiro atoms. The number of nitrogens with two attached hydrogens (primary N) is 1. The van der Waals surface area contributed by atoms with E-state index in [-0.39, 0.29) is 15.6 Å². The Balaban J connectivity index is 2.58. The average Bonchev–Trinajstić information content (AvgIpc) is 3.01. The molecule has 3 nitrogen and oxygen atoms in total. The van der Waals surface area contributed by atoms with Gasteiger partial charge in [0.25, 0.3) is 0 Å². The fourth-order valence-corrected chi connectivity index (χ4v) is 2.14. The van der Waals surface area contributed by atoms with Gasteiger partial charge in [0.1, 0.15) is 10.2 Å². The summed E-state index contributed by atoms with van der Waals surface area (Å²) in [4.78, 5) is 0. The molecule has 15 heavy (non-hydrogen) atoms. The van der Waals surface area contributed by atoms with Crippen LogP contribution in [0.15, 0.2) is 10.5 Å². The molecule has 5 heteroatoms.